The van der Waals surface area contributed by atoms with E-state index in [0.29, 0.717) is 17.7 Å². The van der Waals surface area contributed by atoms with Crippen molar-refractivity contribution in [1.29, 1.82) is 0 Å². The topological polar surface area (TPSA) is 92.5 Å². The molecule has 3 amide bonds. The third kappa shape index (κ3) is 3.40. The molecule has 29 heavy (non-hydrogen) atoms. The van der Waals surface area contributed by atoms with Crippen molar-refractivity contribution in [2.24, 2.45) is 5.10 Å². The Kier molecular flexibility index (Phi) is 4.67. The molecule has 0 radical (unpaired) electrons. The molecule has 0 saturated carbocycles. The molecule has 0 aliphatic carbocycles. The van der Waals surface area contributed by atoms with E-state index in [1.54, 1.807) is 30.2 Å². The molecule has 1 aliphatic rings. The number of nitrogens with zero attached hydrogens (tertiary/aromatic N) is 5. The van der Waals surface area contributed by atoms with Crippen molar-refractivity contribution < 1.29 is 9.59 Å². The lowest BCUT2D eigenvalue weighted by Gasteiger charge is -2.17. The Balaban J connectivity index is 1.73. The molecule has 8 heteroatoms. The highest BCUT2D eigenvalue weighted by Gasteiger charge is 2.46. The molecule has 2 aromatic heterocycles. The summed E-state index contributed by atoms with van der Waals surface area (Å²) in [5.41, 5.74) is 2.06. The lowest BCUT2D eigenvalue weighted by molar-refractivity contribution is -0.130. The monoisotopic (exact) mass is 388 g/mol. The van der Waals surface area contributed by atoms with Gasteiger partial charge < -0.3 is 5.32 Å². The first kappa shape index (κ1) is 18.5. The number of amides is 3. The maximum Gasteiger partial charge on any atom is 0.346 e. The molecule has 146 valence electrons. The van der Waals surface area contributed by atoms with E-state index in [1.165, 1.54) is 6.21 Å². The van der Waals surface area contributed by atoms with Crippen LogP contribution in [-0.4, -0.2) is 43.5 Å². The number of nitrogens with one attached hydrogen (secondary N) is 1. The molecule has 4 rings (SSSR count). The highest BCUT2D eigenvalue weighted by atomic mass is 16.2. The lowest BCUT2D eigenvalue weighted by Crippen LogP contribution is -2.42. The Labute approximate surface area is 167 Å². The predicted molar refractivity (Wildman–Crippen MR) is 108 cm³/mol. The SMILES string of the molecule is CC[C@]1(C)NC(=O)N(/N=C\c2cn(-c3ccccc3)nc2-c2cccnc2)C1=O. The van der Waals surface area contributed by atoms with Crippen LogP contribution in [0.4, 0.5) is 4.79 Å². The van der Waals surface area contributed by atoms with Gasteiger partial charge >= 0.3 is 6.03 Å². The molecule has 1 fully saturated rings. The molecule has 1 atom stereocenters. The van der Waals surface area contributed by atoms with Crippen LogP contribution in [0.3, 0.4) is 0 Å². The van der Waals surface area contributed by atoms with Crippen LogP contribution in [0, 0.1) is 0 Å². The number of pyridine rings is 1. The third-order valence-corrected chi connectivity index (χ3v) is 4.96. The largest absolute Gasteiger partial charge is 0.346 e. The first-order valence-corrected chi connectivity index (χ1v) is 9.28. The molecular formula is C21H20N6O2. The average molecular weight is 388 g/mol. The smallest absolute Gasteiger partial charge is 0.322 e. The summed E-state index contributed by atoms with van der Waals surface area (Å²) in [5.74, 6) is -0.375. The van der Waals surface area contributed by atoms with E-state index < -0.39 is 11.6 Å². The zero-order valence-corrected chi connectivity index (χ0v) is 16.1. The van der Waals surface area contributed by atoms with E-state index in [0.717, 1.165) is 16.3 Å². The van der Waals surface area contributed by atoms with Gasteiger partial charge in [-0.05, 0) is 37.6 Å². The lowest BCUT2D eigenvalue weighted by atomic mass is 10.00. The summed E-state index contributed by atoms with van der Waals surface area (Å²) >= 11 is 0. The van der Waals surface area contributed by atoms with Gasteiger partial charge in [0.05, 0.1) is 11.9 Å². The second-order valence-electron chi connectivity index (χ2n) is 6.93. The number of para-hydroxylation sites is 1. The fraction of sp³-hybridized carbons (Fsp3) is 0.190. The van der Waals surface area contributed by atoms with Crippen molar-refractivity contribution in [2.45, 2.75) is 25.8 Å². The molecule has 0 bridgehead atoms. The van der Waals surface area contributed by atoms with Crippen molar-refractivity contribution in [2.75, 3.05) is 0 Å². The Morgan fingerprint density at radius 1 is 1.17 bits per heavy atom. The third-order valence-electron chi connectivity index (χ3n) is 4.96. The first-order chi connectivity index (χ1) is 14.0. The second kappa shape index (κ2) is 7.31. The predicted octanol–water partition coefficient (Wildman–Crippen LogP) is 2.99. The van der Waals surface area contributed by atoms with Crippen LogP contribution < -0.4 is 5.32 Å². The highest BCUT2D eigenvalue weighted by Crippen LogP contribution is 2.24. The minimum atomic E-state index is -0.936. The molecule has 1 aliphatic heterocycles. The summed E-state index contributed by atoms with van der Waals surface area (Å²) in [6.45, 7) is 3.53. The van der Waals surface area contributed by atoms with Gasteiger partial charge in [0.25, 0.3) is 5.91 Å². The maximum atomic E-state index is 12.6. The van der Waals surface area contributed by atoms with Gasteiger partial charge in [0.1, 0.15) is 11.2 Å². The summed E-state index contributed by atoms with van der Waals surface area (Å²) in [4.78, 5) is 28.9. The number of aromatic nitrogens is 3. The van der Waals surface area contributed by atoms with Gasteiger partial charge in [0, 0.05) is 29.7 Å². The van der Waals surface area contributed by atoms with Crippen LogP contribution in [0.2, 0.25) is 0 Å². The van der Waals surface area contributed by atoms with Crippen LogP contribution in [0.5, 0.6) is 0 Å². The summed E-state index contributed by atoms with van der Waals surface area (Å²) in [6, 6.07) is 12.8. The van der Waals surface area contributed by atoms with E-state index in [1.807, 2.05) is 49.4 Å². The van der Waals surface area contributed by atoms with Crippen LogP contribution in [0.25, 0.3) is 16.9 Å². The summed E-state index contributed by atoms with van der Waals surface area (Å²) in [7, 11) is 0. The number of hydrogen-bond acceptors (Lipinski definition) is 5. The molecule has 1 N–H and O–H groups in total. The van der Waals surface area contributed by atoms with Gasteiger partial charge in [-0.1, -0.05) is 25.1 Å². The van der Waals surface area contributed by atoms with E-state index in [4.69, 9.17) is 0 Å². The minimum absolute atomic E-state index is 0.375. The van der Waals surface area contributed by atoms with Crippen LogP contribution in [-0.2, 0) is 4.79 Å². The Bertz CT molecular complexity index is 1080. The van der Waals surface area contributed by atoms with Gasteiger partial charge in [0.2, 0.25) is 0 Å². The number of benzene rings is 1. The summed E-state index contributed by atoms with van der Waals surface area (Å²) in [5, 5.41) is 12.4. The van der Waals surface area contributed by atoms with Crippen molar-refractivity contribution >= 4 is 18.2 Å². The maximum absolute atomic E-state index is 12.6. The Hall–Kier alpha value is -3.81. The van der Waals surface area contributed by atoms with Crippen molar-refractivity contribution in [3.05, 3.63) is 66.6 Å². The molecule has 1 aromatic carbocycles. The van der Waals surface area contributed by atoms with Crippen LogP contribution in [0.15, 0.2) is 66.2 Å². The molecule has 0 spiro atoms. The number of urea groups is 1. The second-order valence-corrected chi connectivity index (χ2v) is 6.93. The van der Waals surface area contributed by atoms with E-state index in [-0.39, 0.29) is 5.91 Å². The number of hydrazone groups is 1. The van der Waals surface area contributed by atoms with Crippen molar-refractivity contribution in [3.63, 3.8) is 0 Å². The zero-order valence-electron chi connectivity index (χ0n) is 16.1. The van der Waals surface area contributed by atoms with Gasteiger partial charge in [-0.2, -0.15) is 10.2 Å². The Morgan fingerprint density at radius 2 is 1.97 bits per heavy atom. The van der Waals surface area contributed by atoms with Gasteiger partial charge in [0.15, 0.2) is 0 Å². The van der Waals surface area contributed by atoms with Gasteiger partial charge in [-0.15, -0.1) is 5.01 Å². The van der Waals surface area contributed by atoms with Gasteiger partial charge in [-0.25, -0.2) is 9.48 Å². The first-order valence-electron chi connectivity index (χ1n) is 9.28. The number of rotatable bonds is 5. The number of carbonyl (C=O) groups is 2. The fourth-order valence-corrected chi connectivity index (χ4v) is 3.05. The molecule has 8 nitrogen and oxygen atoms in total. The standard InChI is InChI=1S/C21H20N6O2/c1-3-21(2)19(28)27(20(29)24-21)23-13-16-14-26(17-9-5-4-6-10-17)25-18(16)15-8-7-11-22-12-15/h4-14H,3H2,1-2H3,(H,24,29)/b23-13-/t21-/m0/s1. The fourth-order valence-electron chi connectivity index (χ4n) is 3.05. The summed E-state index contributed by atoms with van der Waals surface area (Å²) < 4.78 is 1.73. The average Bonchev–Trinajstić information content (AvgIpc) is 3.27. The Morgan fingerprint density at radius 3 is 2.62 bits per heavy atom. The van der Waals surface area contributed by atoms with Gasteiger partial charge in [-0.3, -0.25) is 9.78 Å². The molecule has 0 unspecified atom stereocenters. The van der Waals surface area contributed by atoms with Crippen LogP contribution in [0.1, 0.15) is 25.8 Å². The van der Waals surface area contributed by atoms with E-state index in [9.17, 15) is 9.59 Å². The highest BCUT2D eigenvalue weighted by molar-refractivity contribution is 6.07. The van der Waals surface area contributed by atoms with E-state index >= 15 is 0 Å². The van der Waals surface area contributed by atoms with Crippen molar-refractivity contribution in [1.82, 2.24) is 25.1 Å². The quantitative estimate of drug-likeness (QED) is 0.537. The normalized spacial score (nSPS) is 19.2. The number of imide groups is 1. The molecule has 3 aromatic rings. The molecule has 3 heterocycles. The summed E-state index contributed by atoms with van der Waals surface area (Å²) in [6.07, 6.45) is 7.16. The zero-order chi connectivity index (χ0) is 20.4. The van der Waals surface area contributed by atoms with Crippen molar-refractivity contribution in [3.8, 4) is 16.9 Å². The number of hydrogen-bond donors (Lipinski definition) is 1. The van der Waals surface area contributed by atoms with E-state index in [2.05, 4.69) is 20.5 Å². The number of carbonyl (C=O) groups excluding carboxylic acids is 2. The molecular weight excluding hydrogens is 368 g/mol. The minimum Gasteiger partial charge on any atom is -0.322 e. The van der Waals surface area contributed by atoms with Crippen LogP contribution >= 0.6 is 0 Å². The molecule has 1 saturated heterocycles.